The molecule has 0 N–H and O–H groups in total. The van der Waals surface area contributed by atoms with Crippen molar-refractivity contribution in [1.82, 2.24) is 4.57 Å². The summed E-state index contributed by atoms with van der Waals surface area (Å²) in [6.07, 6.45) is -2.65. The number of alkyl halides is 2. The van der Waals surface area contributed by atoms with Crippen LogP contribution in [-0.4, -0.2) is 11.0 Å². The quantitative estimate of drug-likeness (QED) is 0.434. The minimum Gasteiger partial charge on any atom is -0.336 e. The number of benzene rings is 1. The van der Waals surface area contributed by atoms with Gasteiger partial charge in [-0.3, -0.25) is 4.79 Å². The Balaban J connectivity index is 0.00000220. The van der Waals surface area contributed by atoms with Crippen LogP contribution in [0.15, 0.2) is 29.1 Å². The Bertz CT molecular complexity index is 709. The number of nitrogens with zero attached hydrogens (tertiary/aromatic N) is 1. The minimum atomic E-state index is -2.65. The zero-order valence-corrected chi connectivity index (χ0v) is 16.9. The molecule has 1 aromatic heterocycles. The van der Waals surface area contributed by atoms with E-state index in [1.807, 2.05) is 0 Å². The summed E-state index contributed by atoms with van der Waals surface area (Å²) in [6, 6.07) is 8.91. The van der Waals surface area contributed by atoms with Gasteiger partial charge in [-0.1, -0.05) is 40.5 Å². The van der Waals surface area contributed by atoms with Gasteiger partial charge in [0.15, 0.2) is 0 Å². The van der Waals surface area contributed by atoms with Crippen LogP contribution in [0.25, 0.3) is 11.3 Å². The number of halogens is 5. The summed E-state index contributed by atoms with van der Waals surface area (Å²) >= 11 is 13.6. The number of pyridine rings is 1. The predicted octanol–water partition coefficient (Wildman–Crippen LogP) is 4.49. The van der Waals surface area contributed by atoms with Crippen molar-refractivity contribution in [2.45, 2.75) is 13.0 Å². The van der Waals surface area contributed by atoms with Gasteiger partial charge in [0.25, 0.3) is 6.43 Å². The Morgan fingerprint density at radius 2 is 2.00 bits per heavy atom. The molecular weight excluding hydrogens is 511 g/mol. The zero-order chi connectivity index (χ0) is 14.9. The van der Waals surface area contributed by atoms with Crippen molar-refractivity contribution in [3.8, 4) is 11.3 Å². The van der Waals surface area contributed by atoms with Crippen LogP contribution >= 0.6 is 45.8 Å². The molecule has 8 heteroatoms. The molecule has 0 aliphatic carbocycles. The Kier molecular flexibility index (Phi) is 7.74. The molecule has 1 heterocycles. The molecule has 1 radical (unpaired) electrons. The Morgan fingerprint density at radius 3 is 2.57 bits per heavy atom. The fraction of sp³-hybridized carbons (Fsp3) is 0.154. The van der Waals surface area contributed by atoms with Crippen molar-refractivity contribution in [1.29, 1.82) is 0 Å². The first-order chi connectivity index (χ1) is 9.40. The third-order valence-electron chi connectivity index (χ3n) is 2.56. The molecule has 0 spiro atoms. The van der Waals surface area contributed by atoms with Crippen molar-refractivity contribution in [3.63, 3.8) is 0 Å². The van der Waals surface area contributed by atoms with E-state index in [0.717, 1.165) is 4.57 Å². The van der Waals surface area contributed by atoms with Gasteiger partial charge in [0, 0.05) is 37.7 Å². The van der Waals surface area contributed by atoms with Crippen molar-refractivity contribution in [2.24, 2.45) is 0 Å². The topological polar surface area (TPSA) is 22.0 Å². The molecule has 0 saturated heterocycles. The monoisotopic (exact) mass is 517 g/mol. The van der Waals surface area contributed by atoms with Gasteiger partial charge in [0.2, 0.25) is 5.56 Å². The van der Waals surface area contributed by atoms with Gasteiger partial charge in [-0.05, 0) is 14.7 Å². The Labute approximate surface area is 168 Å². The first kappa shape index (κ1) is 19.5. The van der Waals surface area contributed by atoms with Crippen molar-refractivity contribution in [3.05, 3.63) is 54.3 Å². The first-order valence-corrected chi connectivity index (χ1v) is 7.28. The van der Waals surface area contributed by atoms with Gasteiger partial charge in [-0.2, -0.15) is 12.1 Å². The molecule has 0 amide bonds. The second kappa shape index (κ2) is 8.34. The van der Waals surface area contributed by atoms with Crippen LogP contribution in [0, 0.1) is 9.64 Å². The van der Waals surface area contributed by atoms with Crippen LogP contribution in [0.1, 0.15) is 0 Å². The van der Waals surface area contributed by atoms with Crippen LogP contribution in [0.3, 0.4) is 0 Å². The Hall–Kier alpha value is 0.444. The molecule has 2 rings (SSSR count). The van der Waals surface area contributed by atoms with Gasteiger partial charge in [0.05, 0.1) is 6.54 Å². The summed E-state index contributed by atoms with van der Waals surface area (Å²) in [5, 5.41) is 0.699. The molecule has 1 aromatic carbocycles. The summed E-state index contributed by atoms with van der Waals surface area (Å²) < 4.78 is 26.6. The number of hydrogen-bond donors (Lipinski definition) is 0. The minimum absolute atomic E-state index is 0. The summed E-state index contributed by atoms with van der Waals surface area (Å²) in [4.78, 5) is 12.0. The molecule has 0 aliphatic heterocycles. The van der Waals surface area contributed by atoms with E-state index in [1.54, 1.807) is 34.7 Å². The molecule has 0 atom stereocenters. The second-order valence-corrected chi connectivity index (χ2v) is 5.92. The third-order valence-corrected chi connectivity index (χ3v) is 3.88. The van der Waals surface area contributed by atoms with Gasteiger partial charge in [-0.15, -0.1) is 28.7 Å². The van der Waals surface area contributed by atoms with Crippen molar-refractivity contribution < 1.29 is 41.5 Å². The summed E-state index contributed by atoms with van der Waals surface area (Å²) in [5.74, 6) is 0. The van der Waals surface area contributed by atoms with E-state index in [0.29, 0.717) is 14.2 Å². The van der Waals surface area contributed by atoms with Crippen molar-refractivity contribution in [2.75, 3.05) is 0 Å². The molecule has 0 bridgehead atoms. The molecule has 2 aromatic rings. The summed E-state index contributed by atoms with van der Waals surface area (Å²) in [7, 11) is 0. The number of hydrogen-bond acceptors (Lipinski definition) is 1. The number of aromatic nitrogens is 1. The van der Waals surface area contributed by atoms with E-state index in [-0.39, 0.29) is 43.4 Å². The molecule has 2 nitrogen and oxygen atoms in total. The maximum Gasteiger partial charge on any atom is 0.256 e. The summed E-state index contributed by atoms with van der Waals surface area (Å²) in [6.45, 7) is -0.708. The maximum atomic E-state index is 12.7. The van der Waals surface area contributed by atoms with Crippen LogP contribution < -0.4 is 5.56 Å². The molecule has 21 heavy (non-hydrogen) atoms. The van der Waals surface area contributed by atoms with Gasteiger partial charge >= 0.3 is 0 Å². The Morgan fingerprint density at radius 1 is 1.33 bits per heavy atom. The average Bonchev–Trinajstić information content (AvgIpc) is 2.36. The van der Waals surface area contributed by atoms with Gasteiger partial charge < -0.3 is 4.57 Å². The SMILES string of the molecule is O=c1c(I)c[c-]c(-c2ccc(Cl)cc2Cl)n1CC(F)F.[Y]. The van der Waals surface area contributed by atoms with E-state index in [9.17, 15) is 13.6 Å². The van der Waals surface area contributed by atoms with E-state index in [4.69, 9.17) is 23.2 Å². The average molecular weight is 518 g/mol. The molecular formula is C13H7Cl2F2INOY-. The van der Waals surface area contributed by atoms with Crippen LogP contribution in [0.4, 0.5) is 8.78 Å². The normalized spacial score (nSPS) is 10.6. The predicted molar refractivity (Wildman–Crippen MR) is 83.7 cm³/mol. The molecule has 0 saturated carbocycles. The van der Waals surface area contributed by atoms with Crippen LogP contribution in [0.5, 0.6) is 0 Å². The summed E-state index contributed by atoms with van der Waals surface area (Å²) in [5.41, 5.74) is 0.160. The van der Waals surface area contributed by atoms with Gasteiger partial charge in [-0.25, -0.2) is 8.78 Å². The fourth-order valence-corrected chi connectivity index (χ4v) is 2.66. The van der Waals surface area contributed by atoms with E-state index >= 15 is 0 Å². The van der Waals surface area contributed by atoms with E-state index in [1.165, 1.54) is 12.1 Å². The molecule has 0 fully saturated rings. The zero-order valence-electron chi connectivity index (χ0n) is 10.4. The first-order valence-electron chi connectivity index (χ1n) is 5.44. The third kappa shape index (κ3) is 4.71. The standard InChI is InChI=1S/C13H7Cl2F2INO.Y/c14-7-1-2-8(9(15)5-7)11-4-3-10(18)13(20)19(11)6-12(16)17;/h1-3,5,12H,6H2;/q-1;. The number of rotatable bonds is 3. The van der Waals surface area contributed by atoms with Gasteiger partial charge in [0.1, 0.15) is 0 Å². The van der Waals surface area contributed by atoms with E-state index in [2.05, 4.69) is 6.07 Å². The fourth-order valence-electron chi connectivity index (χ4n) is 1.72. The van der Waals surface area contributed by atoms with Crippen LogP contribution in [0.2, 0.25) is 10.0 Å². The second-order valence-electron chi connectivity index (χ2n) is 3.92. The molecule has 0 unspecified atom stereocenters. The van der Waals surface area contributed by atoms with E-state index < -0.39 is 18.5 Å². The molecule has 109 valence electrons. The smallest absolute Gasteiger partial charge is 0.256 e. The molecule has 0 aliphatic rings. The van der Waals surface area contributed by atoms with Crippen LogP contribution in [-0.2, 0) is 39.3 Å². The maximum absolute atomic E-state index is 12.7. The largest absolute Gasteiger partial charge is 0.336 e. The van der Waals surface area contributed by atoms with Crippen molar-refractivity contribution >= 4 is 45.8 Å².